The van der Waals surface area contributed by atoms with Gasteiger partial charge in [0, 0.05) is 0 Å². The van der Waals surface area contributed by atoms with Gasteiger partial charge in [-0.3, -0.25) is 0 Å². The van der Waals surface area contributed by atoms with Gasteiger partial charge in [0.1, 0.15) is 11.9 Å². The van der Waals surface area contributed by atoms with E-state index in [9.17, 15) is 9.18 Å². The van der Waals surface area contributed by atoms with Crippen LogP contribution in [0.1, 0.15) is 95.5 Å². The second-order valence-corrected chi connectivity index (χ2v) is 8.90. The minimum Gasteiger partial charge on any atom is -0.493 e. The molecule has 0 radical (unpaired) electrons. The van der Waals surface area contributed by atoms with Crippen LogP contribution in [-0.2, 0) is 9.53 Å². The minimum absolute atomic E-state index is 0.131. The quantitative estimate of drug-likeness (QED) is 0.427. The highest BCUT2D eigenvalue weighted by atomic mass is 19.1. The van der Waals surface area contributed by atoms with Gasteiger partial charge in [0.25, 0.3) is 0 Å². The number of carbonyl (C=O) groups is 1. The summed E-state index contributed by atoms with van der Waals surface area (Å²) in [5.41, 5.74) is 1.45. The van der Waals surface area contributed by atoms with Crippen LogP contribution in [0.4, 0.5) is 4.39 Å². The first-order chi connectivity index (χ1) is 14.2. The van der Waals surface area contributed by atoms with Gasteiger partial charge in [0.2, 0.25) is 0 Å². The molecule has 0 amide bonds. The lowest BCUT2D eigenvalue weighted by atomic mass is 9.84. The average molecular weight is 405 g/mol. The molecule has 0 aromatic heterocycles. The predicted octanol–water partition coefficient (Wildman–Crippen LogP) is 6.74. The van der Waals surface area contributed by atoms with E-state index in [4.69, 9.17) is 9.47 Å². The summed E-state index contributed by atoms with van der Waals surface area (Å²) in [6.07, 6.45) is 10.5. The highest BCUT2D eigenvalue weighted by molar-refractivity contribution is 5.74. The summed E-state index contributed by atoms with van der Waals surface area (Å²) in [5.74, 6) is 1.47. The van der Waals surface area contributed by atoms with Crippen LogP contribution in [0.3, 0.4) is 0 Å². The van der Waals surface area contributed by atoms with E-state index in [-0.39, 0.29) is 12.5 Å². The molecule has 0 spiro atoms. The van der Waals surface area contributed by atoms with E-state index in [0.717, 1.165) is 50.2 Å². The fourth-order valence-electron chi connectivity index (χ4n) is 4.64. The van der Waals surface area contributed by atoms with Crippen molar-refractivity contribution >= 4 is 5.97 Å². The number of carbonyl (C=O) groups excluding carboxylic acids is 1. The van der Waals surface area contributed by atoms with Crippen molar-refractivity contribution in [2.75, 3.05) is 6.61 Å². The summed E-state index contributed by atoms with van der Waals surface area (Å²) in [4.78, 5) is 11.8. The average Bonchev–Trinajstić information content (AvgIpc) is 2.78. The van der Waals surface area contributed by atoms with Crippen LogP contribution in [0.25, 0.3) is 0 Å². The number of hydrogen-bond acceptors (Lipinski definition) is 3. The normalized spacial score (nSPS) is 24.1. The molecular weight excluding hydrogens is 367 g/mol. The summed E-state index contributed by atoms with van der Waals surface area (Å²) in [6, 6.07) is 8.67. The van der Waals surface area contributed by atoms with Crippen LogP contribution < -0.4 is 4.74 Å². The summed E-state index contributed by atoms with van der Waals surface area (Å²) in [5, 5.41) is 0. The lowest BCUT2D eigenvalue weighted by Gasteiger charge is -2.28. The summed E-state index contributed by atoms with van der Waals surface area (Å²) < 4.78 is 25.2. The van der Waals surface area contributed by atoms with Crippen LogP contribution in [0.5, 0.6) is 5.75 Å². The molecule has 0 heterocycles. The summed E-state index contributed by atoms with van der Waals surface area (Å²) in [7, 11) is 0. The highest BCUT2D eigenvalue weighted by Gasteiger charge is 2.27. The second kappa shape index (κ2) is 11.6. The van der Waals surface area contributed by atoms with Gasteiger partial charge in [-0.25, -0.2) is 9.18 Å². The number of unbranched alkanes of at least 4 members (excludes halogenated alkanes) is 1. The lowest BCUT2D eigenvalue weighted by Crippen LogP contribution is -2.30. The molecule has 3 nitrogen and oxygen atoms in total. The monoisotopic (exact) mass is 404 g/mol. The third-order valence-corrected chi connectivity index (χ3v) is 6.59. The SMILES string of the molecule is CCCC[C@H](F)C(=O)OC1CCC(COc2ccc(C3CCCCC3)cc2)CC1. The van der Waals surface area contributed by atoms with Gasteiger partial charge < -0.3 is 9.47 Å². The maximum absolute atomic E-state index is 13.8. The van der Waals surface area contributed by atoms with Crippen LogP contribution in [0.15, 0.2) is 24.3 Å². The van der Waals surface area contributed by atoms with Gasteiger partial charge >= 0.3 is 5.97 Å². The molecule has 29 heavy (non-hydrogen) atoms. The van der Waals surface area contributed by atoms with Gasteiger partial charge in [-0.15, -0.1) is 0 Å². The zero-order valence-electron chi connectivity index (χ0n) is 17.9. The zero-order chi connectivity index (χ0) is 20.5. The molecule has 1 atom stereocenters. The van der Waals surface area contributed by atoms with Crippen molar-refractivity contribution in [3.05, 3.63) is 29.8 Å². The minimum atomic E-state index is -1.47. The van der Waals surface area contributed by atoms with Gasteiger partial charge in [-0.2, -0.15) is 0 Å². The molecule has 0 saturated heterocycles. The number of ether oxygens (including phenoxy) is 2. The second-order valence-electron chi connectivity index (χ2n) is 8.90. The first kappa shape index (κ1) is 22.1. The lowest BCUT2D eigenvalue weighted by molar-refractivity contribution is -0.157. The van der Waals surface area contributed by atoms with Crippen molar-refractivity contribution in [3.63, 3.8) is 0 Å². The van der Waals surface area contributed by atoms with Crippen LogP contribution in [0.2, 0.25) is 0 Å². The van der Waals surface area contributed by atoms with Crippen molar-refractivity contribution in [3.8, 4) is 5.75 Å². The highest BCUT2D eigenvalue weighted by Crippen LogP contribution is 2.33. The van der Waals surface area contributed by atoms with E-state index in [1.54, 1.807) is 0 Å². The van der Waals surface area contributed by atoms with Crippen molar-refractivity contribution in [2.24, 2.45) is 5.92 Å². The Balaban J connectivity index is 1.35. The molecule has 3 rings (SSSR count). The molecule has 2 fully saturated rings. The van der Waals surface area contributed by atoms with Crippen molar-refractivity contribution in [1.29, 1.82) is 0 Å². The number of alkyl halides is 1. The number of benzene rings is 1. The van der Waals surface area contributed by atoms with E-state index in [2.05, 4.69) is 24.3 Å². The Labute approximate surface area is 175 Å². The first-order valence-electron chi connectivity index (χ1n) is 11.7. The molecule has 2 saturated carbocycles. The molecule has 0 unspecified atom stereocenters. The summed E-state index contributed by atoms with van der Waals surface area (Å²) in [6.45, 7) is 2.69. The standard InChI is InChI=1S/C25H37FO3/c1-2-3-9-24(26)25(27)29-23-14-10-19(11-15-23)18-28-22-16-12-21(13-17-22)20-7-5-4-6-8-20/h12-13,16-17,19-20,23-24H,2-11,14-15,18H2,1H3/t19?,23?,24-/m0/s1. The fourth-order valence-corrected chi connectivity index (χ4v) is 4.64. The van der Waals surface area contributed by atoms with Crippen LogP contribution in [0, 0.1) is 5.92 Å². The Morgan fingerprint density at radius 1 is 1.03 bits per heavy atom. The zero-order valence-corrected chi connectivity index (χ0v) is 17.9. The predicted molar refractivity (Wildman–Crippen MR) is 114 cm³/mol. The molecule has 1 aromatic rings. The number of hydrogen-bond donors (Lipinski definition) is 0. The maximum atomic E-state index is 13.8. The molecule has 0 aliphatic heterocycles. The van der Waals surface area contributed by atoms with E-state index in [0.29, 0.717) is 12.5 Å². The van der Waals surface area contributed by atoms with Gasteiger partial charge in [0.05, 0.1) is 6.61 Å². The Morgan fingerprint density at radius 2 is 1.72 bits per heavy atom. The molecule has 162 valence electrons. The largest absolute Gasteiger partial charge is 0.493 e. The Morgan fingerprint density at radius 3 is 2.38 bits per heavy atom. The molecule has 1 aromatic carbocycles. The molecular formula is C25H37FO3. The third kappa shape index (κ3) is 7.01. The molecule has 4 heteroatoms. The maximum Gasteiger partial charge on any atom is 0.340 e. The van der Waals surface area contributed by atoms with Gasteiger partial charge in [-0.1, -0.05) is 51.2 Å². The number of halogens is 1. The molecule has 2 aliphatic rings. The Bertz CT molecular complexity index is 601. The Hall–Kier alpha value is -1.58. The van der Waals surface area contributed by atoms with Crippen LogP contribution in [-0.4, -0.2) is 24.9 Å². The number of esters is 1. The van der Waals surface area contributed by atoms with Crippen molar-refractivity contribution < 1.29 is 18.7 Å². The third-order valence-electron chi connectivity index (χ3n) is 6.59. The topological polar surface area (TPSA) is 35.5 Å². The molecule has 0 bridgehead atoms. The van der Waals surface area contributed by atoms with E-state index in [1.807, 2.05) is 6.92 Å². The first-order valence-corrected chi connectivity index (χ1v) is 11.7. The van der Waals surface area contributed by atoms with E-state index in [1.165, 1.54) is 37.7 Å². The van der Waals surface area contributed by atoms with Gasteiger partial charge in [-0.05, 0) is 74.5 Å². The fraction of sp³-hybridized carbons (Fsp3) is 0.720. The van der Waals surface area contributed by atoms with E-state index < -0.39 is 12.1 Å². The van der Waals surface area contributed by atoms with Crippen molar-refractivity contribution in [2.45, 2.75) is 102 Å². The van der Waals surface area contributed by atoms with Gasteiger partial charge in [0.15, 0.2) is 6.17 Å². The Kier molecular flexibility index (Phi) is 8.82. The number of rotatable bonds is 9. The summed E-state index contributed by atoms with van der Waals surface area (Å²) >= 11 is 0. The molecule has 0 N–H and O–H groups in total. The van der Waals surface area contributed by atoms with Crippen LogP contribution >= 0.6 is 0 Å². The molecule has 2 aliphatic carbocycles. The smallest absolute Gasteiger partial charge is 0.340 e. The van der Waals surface area contributed by atoms with E-state index >= 15 is 0 Å². The van der Waals surface area contributed by atoms with Crippen molar-refractivity contribution in [1.82, 2.24) is 0 Å².